The third-order valence-electron chi connectivity index (χ3n) is 5.47. The van der Waals surface area contributed by atoms with E-state index in [0.717, 1.165) is 44.6 Å². The van der Waals surface area contributed by atoms with E-state index in [0.29, 0.717) is 13.2 Å². The van der Waals surface area contributed by atoms with Crippen LogP contribution in [0.5, 0.6) is 0 Å². The monoisotopic (exact) mass is 439 g/mol. The summed E-state index contributed by atoms with van der Waals surface area (Å²) in [5, 5.41) is 2.87. The molecule has 0 unspecified atom stereocenters. The Kier molecular flexibility index (Phi) is 7.62. The Morgan fingerprint density at radius 2 is 1.87 bits per heavy atom. The van der Waals surface area contributed by atoms with E-state index in [9.17, 15) is 17.6 Å². The van der Waals surface area contributed by atoms with Crippen molar-refractivity contribution in [2.75, 3.05) is 45.9 Å². The molecule has 0 aromatic heterocycles. The highest BCUT2D eigenvalue weighted by Gasteiger charge is 2.28. The molecule has 9 heteroatoms. The summed E-state index contributed by atoms with van der Waals surface area (Å²) in [5.41, 5.74) is 1.03. The number of likely N-dealkylation sites (tertiary alicyclic amines) is 1. The van der Waals surface area contributed by atoms with Crippen LogP contribution in [0.25, 0.3) is 0 Å². The first kappa shape index (κ1) is 22.9. The van der Waals surface area contributed by atoms with Crippen molar-refractivity contribution in [2.24, 2.45) is 0 Å². The molecule has 2 saturated heterocycles. The van der Waals surface area contributed by atoms with Crippen molar-refractivity contribution in [3.8, 4) is 0 Å². The number of nitrogens with zero attached hydrogens (tertiary/aromatic N) is 2. The summed E-state index contributed by atoms with van der Waals surface area (Å²) in [6.07, 6.45) is 3.72. The topological polar surface area (TPSA) is 79.0 Å². The Morgan fingerprint density at radius 1 is 1.20 bits per heavy atom. The van der Waals surface area contributed by atoms with Crippen LogP contribution in [-0.4, -0.2) is 75.5 Å². The number of halogens is 1. The highest BCUT2D eigenvalue weighted by molar-refractivity contribution is 7.89. The van der Waals surface area contributed by atoms with Gasteiger partial charge in [-0.1, -0.05) is 11.6 Å². The average Bonchev–Trinajstić information content (AvgIpc) is 2.74. The number of allylic oxidation sites excluding steroid dienone is 1. The van der Waals surface area contributed by atoms with Crippen molar-refractivity contribution < 1.29 is 22.3 Å². The second-order valence-electron chi connectivity index (χ2n) is 7.99. The first-order chi connectivity index (χ1) is 14.3. The van der Waals surface area contributed by atoms with E-state index in [2.05, 4.69) is 30.1 Å². The quantitative estimate of drug-likeness (QED) is 0.686. The molecule has 2 fully saturated rings. The molecule has 1 aromatic carbocycles. The summed E-state index contributed by atoms with van der Waals surface area (Å²) < 4.78 is 46.5. The number of ether oxygens (including phenoxy) is 1. The fraction of sp³-hybridized carbons (Fsp3) is 0.571. The summed E-state index contributed by atoms with van der Waals surface area (Å²) in [4.78, 5) is 14.9. The van der Waals surface area contributed by atoms with Crippen molar-refractivity contribution in [3.05, 3.63) is 41.2 Å². The predicted molar refractivity (Wildman–Crippen MR) is 112 cm³/mol. The van der Waals surface area contributed by atoms with E-state index in [1.54, 1.807) is 0 Å². The van der Waals surface area contributed by atoms with Crippen LogP contribution >= 0.6 is 0 Å². The van der Waals surface area contributed by atoms with Gasteiger partial charge in [0.25, 0.3) is 5.91 Å². The molecule has 0 saturated carbocycles. The molecule has 2 aliphatic rings. The molecule has 0 spiro atoms. The molecular weight excluding hydrogens is 409 g/mol. The molecule has 3 rings (SSSR count). The molecule has 30 heavy (non-hydrogen) atoms. The average molecular weight is 440 g/mol. The first-order valence-electron chi connectivity index (χ1n) is 10.3. The molecule has 2 aliphatic heterocycles. The number of rotatable bonds is 6. The van der Waals surface area contributed by atoms with E-state index in [-0.39, 0.29) is 29.6 Å². The number of benzene rings is 1. The molecule has 0 aliphatic carbocycles. The Balaban J connectivity index is 1.65. The maximum Gasteiger partial charge on any atom is 0.254 e. The van der Waals surface area contributed by atoms with Gasteiger partial charge in [0.05, 0.1) is 23.7 Å². The van der Waals surface area contributed by atoms with Crippen molar-refractivity contribution >= 4 is 15.9 Å². The highest BCUT2D eigenvalue weighted by Crippen LogP contribution is 2.21. The van der Waals surface area contributed by atoms with Gasteiger partial charge < -0.3 is 10.1 Å². The molecule has 1 amide bonds. The van der Waals surface area contributed by atoms with Gasteiger partial charge in [-0.15, -0.1) is 0 Å². The Labute approximate surface area is 177 Å². The van der Waals surface area contributed by atoms with E-state index >= 15 is 0 Å². The number of carbonyl (C=O) groups excluding carboxylic acids is 1. The molecule has 0 radical (unpaired) electrons. The van der Waals surface area contributed by atoms with Crippen molar-refractivity contribution in [1.82, 2.24) is 14.5 Å². The number of hydrogen-bond acceptors (Lipinski definition) is 5. The SMILES string of the molecule is CC(C)=CCN1CCC(NC(=O)c2cc(S(=O)(=O)N3CCOCC3)ccc2F)CC1. The summed E-state index contributed by atoms with van der Waals surface area (Å²) in [7, 11) is -3.79. The van der Waals surface area contributed by atoms with Gasteiger partial charge >= 0.3 is 0 Å². The zero-order chi connectivity index (χ0) is 21.7. The lowest BCUT2D eigenvalue weighted by molar-refractivity contribution is 0.0730. The van der Waals surface area contributed by atoms with Gasteiger partial charge in [0.15, 0.2) is 0 Å². The third-order valence-corrected chi connectivity index (χ3v) is 7.37. The molecule has 1 aromatic rings. The van der Waals surface area contributed by atoms with Gasteiger partial charge in [0.2, 0.25) is 10.0 Å². The minimum absolute atomic E-state index is 0.0561. The molecule has 0 atom stereocenters. The number of sulfonamides is 1. The number of amides is 1. The normalized spacial score (nSPS) is 19.4. The highest BCUT2D eigenvalue weighted by atomic mass is 32.2. The van der Waals surface area contributed by atoms with Crippen LogP contribution in [0.4, 0.5) is 4.39 Å². The molecule has 166 valence electrons. The Morgan fingerprint density at radius 3 is 2.50 bits per heavy atom. The van der Waals surface area contributed by atoms with Crippen LogP contribution in [0.2, 0.25) is 0 Å². The van der Waals surface area contributed by atoms with E-state index in [1.165, 1.54) is 15.9 Å². The van der Waals surface area contributed by atoms with Crippen LogP contribution in [0.3, 0.4) is 0 Å². The smallest absolute Gasteiger partial charge is 0.254 e. The van der Waals surface area contributed by atoms with E-state index < -0.39 is 21.7 Å². The minimum Gasteiger partial charge on any atom is -0.379 e. The van der Waals surface area contributed by atoms with Gasteiger partial charge in [-0.05, 0) is 44.9 Å². The van der Waals surface area contributed by atoms with Gasteiger partial charge in [0.1, 0.15) is 5.82 Å². The lowest BCUT2D eigenvalue weighted by Crippen LogP contribution is -2.45. The van der Waals surface area contributed by atoms with Crippen LogP contribution in [0, 0.1) is 5.82 Å². The molecule has 1 N–H and O–H groups in total. The maximum atomic E-state index is 14.3. The molecule has 0 bridgehead atoms. The number of morpholine rings is 1. The second-order valence-corrected chi connectivity index (χ2v) is 9.93. The fourth-order valence-corrected chi connectivity index (χ4v) is 5.04. The standard InChI is InChI=1S/C21H30FN3O4S/c1-16(2)5-8-24-9-6-17(7-10-24)23-21(26)19-15-18(3-4-20(19)22)30(27,28)25-11-13-29-14-12-25/h3-5,15,17H,6-14H2,1-2H3,(H,23,26). The molecular formula is C21H30FN3O4S. The lowest BCUT2D eigenvalue weighted by Gasteiger charge is -2.31. The summed E-state index contributed by atoms with van der Waals surface area (Å²) in [6, 6.07) is 3.34. The second kappa shape index (κ2) is 10.00. The van der Waals surface area contributed by atoms with Crippen LogP contribution in [-0.2, 0) is 14.8 Å². The zero-order valence-electron chi connectivity index (χ0n) is 17.6. The number of piperidine rings is 1. The van der Waals surface area contributed by atoms with Gasteiger partial charge in [0, 0.05) is 38.8 Å². The predicted octanol–water partition coefficient (Wildman–Crippen LogP) is 2.01. The fourth-order valence-electron chi connectivity index (χ4n) is 3.61. The minimum atomic E-state index is -3.79. The largest absolute Gasteiger partial charge is 0.379 e. The number of nitrogens with one attached hydrogen (secondary N) is 1. The summed E-state index contributed by atoms with van der Waals surface area (Å²) in [6.45, 7) is 7.84. The first-order valence-corrected chi connectivity index (χ1v) is 11.8. The van der Waals surface area contributed by atoms with Gasteiger partial charge in [-0.25, -0.2) is 12.8 Å². The van der Waals surface area contributed by atoms with Crippen LogP contribution < -0.4 is 5.32 Å². The van der Waals surface area contributed by atoms with Crippen molar-refractivity contribution in [3.63, 3.8) is 0 Å². The Bertz CT molecular complexity index is 886. The van der Waals surface area contributed by atoms with Crippen molar-refractivity contribution in [2.45, 2.75) is 37.6 Å². The maximum absolute atomic E-state index is 14.3. The number of carbonyl (C=O) groups is 1. The number of hydrogen-bond donors (Lipinski definition) is 1. The summed E-state index contributed by atoms with van der Waals surface area (Å²) in [5.74, 6) is -1.30. The van der Waals surface area contributed by atoms with Crippen molar-refractivity contribution in [1.29, 1.82) is 0 Å². The Hall–Kier alpha value is -1.81. The third kappa shape index (κ3) is 5.66. The van der Waals surface area contributed by atoms with Crippen LogP contribution in [0.1, 0.15) is 37.0 Å². The molecule has 7 nitrogen and oxygen atoms in total. The summed E-state index contributed by atoms with van der Waals surface area (Å²) >= 11 is 0. The van der Waals surface area contributed by atoms with Crippen LogP contribution in [0.15, 0.2) is 34.7 Å². The van der Waals surface area contributed by atoms with Gasteiger partial charge in [-0.2, -0.15) is 4.31 Å². The van der Waals surface area contributed by atoms with Gasteiger partial charge in [-0.3, -0.25) is 9.69 Å². The molecule has 2 heterocycles. The zero-order valence-corrected chi connectivity index (χ0v) is 18.4. The van der Waals surface area contributed by atoms with E-state index in [4.69, 9.17) is 4.74 Å². The lowest BCUT2D eigenvalue weighted by atomic mass is 10.0. The van der Waals surface area contributed by atoms with E-state index in [1.807, 2.05) is 0 Å².